The first kappa shape index (κ1) is 13.5. The quantitative estimate of drug-likeness (QED) is 0.886. The van der Waals surface area contributed by atoms with Crippen molar-refractivity contribution in [3.8, 4) is 0 Å². The van der Waals surface area contributed by atoms with Gasteiger partial charge in [-0.05, 0) is 48.4 Å². The van der Waals surface area contributed by atoms with Crippen molar-refractivity contribution >= 4 is 5.91 Å². The molecule has 5 heteroatoms. The number of amides is 1. The van der Waals surface area contributed by atoms with E-state index in [0.717, 1.165) is 12.8 Å². The van der Waals surface area contributed by atoms with Crippen molar-refractivity contribution in [2.45, 2.75) is 25.7 Å². The standard InChI is InChI=1S/C16H17N3O2/c20-15-7-6-14(18-19-15)16(21)17-9-8-11-4-5-12-2-1-3-13(12)10-11/h4-7,10H,1-3,8-9H2,(H,17,21)(H,19,20). The molecule has 1 aliphatic carbocycles. The highest BCUT2D eigenvalue weighted by Crippen LogP contribution is 2.22. The maximum atomic E-state index is 11.8. The number of aryl methyl sites for hydroxylation is 2. The monoisotopic (exact) mass is 283 g/mol. The van der Waals surface area contributed by atoms with Crippen LogP contribution in [-0.4, -0.2) is 22.6 Å². The van der Waals surface area contributed by atoms with Crippen LogP contribution in [-0.2, 0) is 19.3 Å². The summed E-state index contributed by atoms with van der Waals surface area (Å²) in [5, 5.41) is 8.76. The number of H-pyrrole nitrogens is 1. The normalized spacial score (nSPS) is 13.0. The molecule has 0 saturated heterocycles. The lowest BCUT2D eigenvalue weighted by molar-refractivity contribution is 0.0948. The summed E-state index contributed by atoms with van der Waals surface area (Å²) in [6.07, 6.45) is 4.39. The van der Waals surface area contributed by atoms with E-state index in [1.54, 1.807) is 0 Å². The molecular formula is C16H17N3O2. The lowest BCUT2D eigenvalue weighted by Gasteiger charge is -2.06. The number of nitrogens with one attached hydrogen (secondary N) is 2. The number of benzene rings is 1. The van der Waals surface area contributed by atoms with Gasteiger partial charge in [0.05, 0.1) is 0 Å². The second kappa shape index (κ2) is 5.91. The van der Waals surface area contributed by atoms with Crippen molar-refractivity contribution in [3.63, 3.8) is 0 Å². The number of nitrogens with zero attached hydrogens (tertiary/aromatic N) is 1. The van der Waals surface area contributed by atoms with Crippen LogP contribution in [0.4, 0.5) is 0 Å². The minimum absolute atomic E-state index is 0.226. The van der Waals surface area contributed by atoms with Crippen molar-refractivity contribution in [1.29, 1.82) is 0 Å². The van der Waals surface area contributed by atoms with E-state index < -0.39 is 0 Å². The lowest BCUT2D eigenvalue weighted by atomic mass is 10.0. The Balaban J connectivity index is 1.55. The molecule has 2 aromatic rings. The van der Waals surface area contributed by atoms with Crippen LogP contribution in [0.1, 0.15) is 33.6 Å². The third-order valence-corrected chi connectivity index (χ3v) is 3.77. The zero-order valence-corrected chi connectivity index (χ0v) is 11.7. The summed E-state index contributed by atoms with van der Waals surface area (Å²) in [5.74, 6) is -0.271. The average Bonchev–Trinajstić information content (AvgIpc) is 2.95. The molecule has 1 aromatic heterocycles. The molecular weight excluding hydrogens is 266 g/mol. The van der Waals surface area contributed by atoms with Gasteiger partial charge in [-0.3, -0.25) is 9.59 Å². The van der Waals surface area contributed by atoms with Gasteiger partial charge in [0.2, 0.25) is 0 Å². The number of hydrogen-bond donors (Lipinski definition) is 2. The first-order valence-corrected chi connectivity index (χ1v) is 7.17. The summed E-state index contributed by atoms with van der Waals surface area (Å²) in [5.41, 5.74) is 4.06. The van der Waals surface area contributed by atoms with Crippen LogP contribution in [0.15, 0.2) is 35.1 Å². The summed E-state index contributed by atoms with van der Waals surface area (Å²) < 4.78 is 0. The van der Waals surface area contributed by atoms with Gasteiger partial charge < -0.3 is 5.32 Å². The Hall–Kier alpha value is -2.43. The number of carbonyl (C=O) groups is 1. The molecule has 0 saturated carbocycles. The molecule has 0 atom stereocenters. The molecule has 1 amide bonds. The van der Waals surface area contributed by atoms with Crippen molar-refractivity contribution < 1.29 is 4.79 Å². The van der Waals surface area contributed by atoms with Crippen LogP contribution in [0.5, 0.6) is 0 Å². The molecule has 0 spiro atoms. The maximum Gasteiger partial charge on any atom is 0.271 e. The second-order valence-corrected chi connectivity index (χ2v) is 5.27. The number of hydrogen-bond acceptors (Lipinski definition) is 3. The molecule has 108 valence electrons. The van der Waals surface area contributed by atoms with Gasteiger partial charge >= 0.3 is 0 Å². The van der Waals surface area contributed by atoms with Crippen molar-refractivity contribution in [1.82, 2.24) is 15.5 Å². The van der Waals surface area contributed by atoms with Gasteiger partial charge in [-0.15, -0.1) is 0 Å². The first-order chi connectivity index (χ1) is 10.2. The first-order valence-electron chi connectivity index (χ1n) is 7.17. The van der Waals surface area contributed by atoms with E-state index in [1.807, 2.05) is 0 Å². The van der Waals surface area contributed by atoms with Crippen LogP contribution >= 0.6 is 0 Å². The average molecular weight is 283 g/mol. The molecule has 0 unspecified atom stereocenters. The van der Waals surface area contributed by atoms with Gasteiger partial charge in [-0.25, -0.2) is 5.10 Å². The summed E-state index contributed by atoms with van der Waals surface area (Å²) >= 11 is 0. The number of fused-ring (bicyclic) bond motifs is 1. The van der Waals surface area contributed by atoms with Gasteiger partial charge in [0.15, 0.2) is 0 Å². The van der Waals surface area contributed by atoms with Gasteiger partial charge in [0, 0.05) is 12.6 Å². The Bertz CT molecular complexity index is 701. The topological polar surface area (TPSA) is 74.8 Å². The molecule has 0 aliphatic heterocycles. The van der Waals surface area contributed by atoms with Gasteiger partial charge in [0.25, 0.3) is 11.5 Å². The molecule has 2 N–H and O–H groups in total. The van der Waals surface area contributed by atoms with Crippen LogP contribution in [0.25, 0.3) is 0 Å². The summed E-state index contributed by atoms with van der Waals surface area (Å²) in [4.78, 5) is 22.7. The Kier molecular flexibility index (Phi) is 3.81. The number of carbonyl (C=O) groups excluding carboxylic acids is 1. The molecule has 3 rings (SSSR count). The fraction of sp³-hybridized carbons (Fsp3) is 0.312. The smallest absolute Gasteiger partial charge is 0.271 e. The summed E-state index contributed by atoms with van der Waals surface area (Å²) in [6, 6.07) is 9.29. The van der Waals surface area contributed by atoms with E-state index in [1.165, 1.54) is 41.7 Å². The SMILES string of the molecule is O=C(NCCc1ccc2c(c1)CCC2)c1ccc(=O)[nH]n1. The molecule has 1 heterocycles. The number of aromatic amines is 1. The summed E-state index contributed by atoms with van der Waals surface area (Å²) in [7, 11) is 0. The maximum absolute atomic E-state index is 11.8. The fourth-order valence-corrected chi connectivity index (χ4v) is 2.66. The minimum Gasteiger partial charge on any atom is -0.350 e. The third kappa shape index (κ3) is 3.18. The van der Waals surface area contributed by atoms with E-state index in [2.05, 4.69) is 33.7 Å². The zero-order chi connectivity index (χ0) is 14.7. The molecule has 5 nitrogen and oxygen atoms in total. The van der Waals surface area contributed by atoms with E-state index in [-0.39, 0.29) is 17.2 Å². The van der Waals surface area contributed by atoms with Gasteiger partial charge in [0.1, 0.15) is 5.69 Å². The molecule has 1 aromatic carbocycles. The Morgan fingerprint density at radius 3 is 2.86 bits per heavy atom. The van der Waals surface area contributed by atoms with Gasteiger partial charge in [-0.2, -0.15) is 5.10 Å². The van der Waals surface area contributed by atoms with E-state index in [9.17, 15) is 9.59 Å². The van der Waals surface area contributed by atoms with E-state index in [0.29, 0.717) is 6.54 Å². The molecule has 21 heavy (non-hydrogen) atoms. The summed E-state index contributed by atoms with van der Waals surface area (Å²) in [6.45, 7) is 0.554. The van der Waals surface area contributed by atoms with Crippen molar-refractivity contribution in [3.05, 3.63) is 63.1 Å². The van der Waals surface area contributed by atoms with Crippen molar-refractivity contribution in [2.24, 2.45) is 0 Å². The van der Waals surface area contributed by atoms with Crippen LogP contribution in [0.3, 0.4) is 0 Å². The highest BCUT2D eigenvalue weighted by molar-refractivity contribution is 5.91. The third-order valence-electron chi connectivity index (χ3n) is 3.77. The number of rotatable bonds is 4. The van der Waals surface area contributed by atoms with Crippen LogP contribution in [0, 0.1) is 0 Å². The largest absolute Gasteiger partial charge is 0.350 e. The minimum atomic E-state index is -0.315. The lowest BCUT2D eigenvalue weighted by Crippen LogP contribution is -2.27. The second-order valence-electron chi connectivity index (χ2n) is 5.27. The molecule has 0 radical (unpaired) electrons. The Morgan fingerprint density at radius 1 is 1.19 bits per heavy atom. The predicted molar refractivity (Wildman–Crippen MR) is 79.4 cm³/mol. The predicted octanol–water partition coefficient (Wildman–Crippen LogP) is 1.23. The Morgan fingerprint density at radius 2 is 2.05 bits per heavy atom. The Labute approximate surface area is 122 Å². The van der Waals surface area contributed by atoms with E-state index in [4.69, 9.17) is 0 Å². The van der Waals surface area contributed by atoms with E-state index >= 15 is 0 Å². The highest BCUT2D eigenvalue weighted by atomic mass is 16.2. The molecule has 1 aliphatic rings. The molecule has 0 fully saturated rings. The van der Waals surface area contributed by atoms with Gasteiger partial charge in [-0.1, -0.05) is 18.2 Å². The fourth-order valence-electron chi connectivity index (χ4n) is 2.66. The van der Waals surface area contributed by atoms with Crippen molar-refractivity contribution in [2.75, 3.05) is 6.54 Å². The van der Waals surface area contributed by atoms with Crippen LogP contribution < -0.4 is 10.9 Å². The number of aromatic nitrogens is 2. The zero-order valence-electron chi connectivity index (χ0n) is 11.7. The van der Waals surface area contributed by atoms with Crippen LogP contribution in [0.2, 0.25) is 0 Å². The highest BCUT2D eigenvalue weighted by Gasteiger charge is 2.11. The molecule has 0 bridgehead atoms.